The van der Waals surface area contributed by atoms with Crippen molar-refractivity contribution in [2.45, 2.75) is 19.9 Å². The van der Waals surface area contributed by atoms with Gasteiger partial charge in [0, 0.05) is 10.6 Å². The van der Waals surface area contributed by atoms with Crippen LogP contribution in [0.1, 0.15) is 22.7 Å². The van der Waals surface area contributed by atoms with Gasteiger partial charge in [-0.25, -0.2) is 0 Å². The lowest BCUT2D eigenvalue weighted by molar-refractivity contribution is -0.482. The van der Waals surface area contributed by atoms with Crippen molar-refractivity contribution in [3.8, 4) is 0 Å². The second kappa shape index (κ2) is 6.19. The van der Waals surface area contributed by atoms with Gasteiger partial charge in [-0.3, -0.25) is 10.1 Å². The average molecular weight is 270 g/mol. The molecule has 0 heterocycles. The molecule has 2 rings (SSSR count). The van der Waals surface area contributed by atoms with E-state index in [-0.39, 0.29) is 17.5 Å². The molecule has 0 radical (unpaired) electrons. The molecular weight excluding hydrogens is 252 g/mol. The fraction of sp³-hybridized carbons (Fsp3) is 0.250. The molecule has 0 aliphatic heterocycles. The molecule has 0 spiro atoms. The Labute approximate surface area is 118 Å². The number of rotatable bonds is 5. The number of hydrogen-bond donors (Lipinski definition) is 1. The van der Waals surface area contributed by atoms with Gasteiger partial charge in [0.1, 0.15) is 6.04 Å². The van der Waals surface area contributed by atoms with Crippen molar-refractivity contribution in [3.63, 3.8) is 0 Å². The number of benzene rings is 2. The molecule has 0 fully saturated rings. The van der Waals surface area contributed by atoms with Crippen molar-refractivity contribution in [1.29, 1.82) is 0 Å². The highest BCUT2D eigenvalue weighted by molar-refractivity contribution is 5.47. The third-order valence-corrected chi connectivity index (χ3v) is 3.17. The maximum atomic E-state index is 10.9. The molecule has 0 aliphatic carbocycles. The zero-order valence-electron chi connectivity index (χ0n) is 11.7. The summed E-state index contributed by atoms with van der Waals surface area (Å²) in [7, 11) is 0. The molecule has 0 aromatic heterocycles. The summed E-state index contributed by atoms with van der Waals surface area (Å²) in [6.45, 7) is 3.86. The van der Waals surface area contributed by atoms with Crippen molar-refractivity contribution in [2.75, 3.05) is 11.9 Å². The van der Waals surface area contributed by atoms with Crippen LogP contribution in [0, 0.1) is 24.0 Å². The van der Waals surface area contributed by atoms with Crippen molar-refractivity contribution in [1.82, 2.24) is 0 Å². The first-order chi connectivity index (χ1) is 9.54. The number of hydrogen-bond acceptors (Lipinski definition) is 3. The van der Waals surface area contributed by atoms with Crippen molar-refractivity contribution < 1.29 is 4.92 Å². The lowest BCUT2D eigenvalue weighted by Gasteiger charge is -2.17. The van der Waals surface area contributed by atoms with E-state index in [2.05, 4.69) is 5.32 Å². The standard InChI is InChI=1S/C16H18N2O2/c1-12-6-8-14(9-7-12)16(11-18(19)20)17-15-5-3-4-13(2)10-15/h3-10,16-17H,11H2,1-2H3. The highest BCUT2D eigenvalue weighted by Crippen LogP contribution is 2.21. The van der Waals surface area contributed by atoms with Crippen LogP contribution >= 0.6 is 0 Å². The quantitative estimate of drug-likeness (QED) is 0.665. The Balaban J connectivity index is 2.23. The Kier molecular flexibility index (Phi) is 4.35. The van der Waals surface area contributed by atoms with Crippen LogP contribution < -0.4 is 5.32 Å². The number of aryl methyl sites for hydroxylation is 2. The second-order valence-corrected chi connectivity index (χ2v) is 4.99. The van der Waals surface area contributed by atoms with E-state index >= 15 is 0 Å². The molecule has 104 valence electrons. The summed E-state index contributed by atoms with van der Waals surface area (Å²) in [5.74, 6) is 0. The molecule has 2 aromatic carbocycles. The molecule has 1 unspecified atom stereocenters. The minimum Gasteiger partial charge on any atom is -0.372 e. The Morgan fingerprint density at radius 1 is 1.10 bits per heavy atom. The molecule has 4 nitrogen and oxygen atoms in total. The Hall–Kier alpha value is -2.36. The maximum Gasteiger partial charge on any atom is 0.227 e. The minimum absolute atomic E-state index is 0.142. The summed E-state index contributed by atoms with van der Waals surface area (Å²) in [4.78, 5) is 10.6. The molecule has 4 heteroatoms. The van der Waals surface area contributed by atoms with Crippen molar-refractivity contribution in [2.24, 2.45) is 0 Å². The molecule has 0 aliphatic rings. The summed E-state index contributed by atoms with van der Waals surface area (Å²) in [6, 6.07) is 15.3. The lowest BCUT2D eigenvalue weighted by Crippen LogP contribution is -2.20. The molecule has 0 amide bonds. The predicted octanol–water partition coefficient (Wildman–Crippen LogP) is 3.73. The first-order valence-corrected chi connectivity index (χ1v) is 6.56. The van der Waals surface area contributed by atoms with E-state index < -0.39 is 0 Å². The average Bonchev–Trinajstić information content (AvgIpc) is 2.38. The monoisotopic (exact) mass is 270 g/mol. The summed E-state index contributed by atoms with van der Waals surface area (Å²) in [5.41, 5.74) is 4.09. The molecule has 0 saturated heterocycles. The molecule has 0 bridgehead atoms. The Bertz CT molecular complexity index is 594. The summed E-state index contributed by atoms with van der Waals surface area (Å²) < 4.78 is 0. The van der Waals surface area contributed by atoms with Gasteiger partial charge in [0.05, 0.1) is 0 Å². The van der Waals surface area contributed by atoms with Crippen LogP contribution in [0.2, 0.25) is 0 Å². The fourth-order valence-corrected chi connectivity index (χ4v) is 2.12. The first kappa shape index (κ1) is 14.1. The predicted molar refractivity (Wildman–Crippen MR) is 80.6 cm³/mol. The second-order valence-electron chi connectivity index (χ2n) is 4.99. The molecule has 2 aromatic rings. The maximum absolute atomic E-state index is 10.9. The third kappa shape index (κ3) is 3.82. The Morgan fingerprint density at radius 3 is 2.40 bits per heavy atom. The number of anilines is 1. The third-order valence-electron chi connectivity index (χ3n) is 3.17. The van der Waals surface area contributed by atoms with Gasteiger partial charge in [0.2, 0.25) is 6.54 Å². The van der Waals surface area contributed by atoms with Gasteiger partial charge in [-0.15, -0.1) is 0 Å². The smallest absolute Gasteiger partial charge is 0.227 e. The van der Waals surface area contributed by atoms with Crippen LogP contribution in [0.4, 0.5) is 5.69 Å². The zero-order valence-corrected chi connectivity index (χ0v) is 11.7. The number of nitrogens with zero attached hydrogens (tertiary/aromatic N) is 1. The summed E-state index contributed by atoms with van der Waals surface area (Å²) in [6.07, 6.45) is 0. The van der Waals surface area contributed by atoms with Gasteiger partial charge in [-0.2, -0.15) is 0 Å². The molecular formula is C16H18N2O2. The van der Waals surface area contributed by atoms with E-state index in [0.717, 1.165) is 22.4 Å². The highest BCUT2D eigenvalue weighted by atomic mass is 16.6. The normalized spacial score (nSPS) is 11.9. The SMILES string of the molecule is Cc1ccc(C(C[N+](=O)[O-])Nc2cccc(C)c2)cc1. The minimum atomic E-state index is -0.326. The van der Waals surface area contributed by atoms with Crippen LogP contribution in [0.3, 0.4) is 0 Å². The zero-order chi connectivity index (χ0) is 14.5. The van der Waals surface area contributed by atoms with E-state index in [1.807, 2.05) is 62.4 Å². The molecule has 0 saturated carbocycles. The van der Waals surface area contributed by atoms with Gasteiger partial charge >= 0.3 is 0 Å². The van der Waals surface area contributed by atoms with Crippen molar-refractivity contribution >= 4 is 5.69 Å². The van der Waals surface area contributed by atoms with E-state index in [1.165, 1.54) is 0 Å². The van der Waals surface area contributed by atoms with Crippen LogP contribution in [0.15, 0.2) is 48.5 Å². The van der Waals surface area contributed by atoms with Gasteiger partial charge in [-0.1, -0.05) is 42.0 Å². The molecule has 1 N–H and O–H groups in total. The van der Waals surface area contributed by atoms with Gasteiger partial charge < -0.3 is 5.32 Å². The van der Waals surface area contributed by atoms with E-state index in [1.54, 1.807) is 0 Å². The van der Waals surface area contributed by atoms with Crippen LogP contribution in [0.25, 0.3) is 0 Å². The van der Waals surface area contributed by atoms with Gasteiger partial charge in [-0.05, 0) is 37.1 Å². The van der Waals surface area contributed by atoms with Crippen molar-refractivity contribution in [3.05, 3.63) is 75.3 Å². The highest BCUT2D eigenvalue weighted by Gasteiger charge is 2.17. The molecule has 20 heavy (non-hydrogen) atoms. The van der Waals surface area contributed by atoms with E-state index in [4.69, 9.17) is 0 Å². The summed E-state index contributed by atoms with van der Waals surface area (Å²) in [5, 5.41) is 14.1. The van der Waals surface area contributed by atoms with E-state index in [9.17, 15) is 10.1 Å². The largest absolute Gasteiger partial charge is 0.372 e. The fourth-order valence-electron chi connectivity index (χ4n) is 2.12. The lowest BCUT2D eigenvalue weighted by atomic mass is 10.0. The van der Waals surface area contributed by atoms with E-state index in [0.29, 0.717) is 0 Å². The number of nitro groups is 1. The first-order valence-electron chi connectivity index (χ1n) is 6.56. The van der Waals surface area contributed by atoms with Gasteiger partial charge in [0.25, 0.3) is 0 Å². The number of nitrogens with one attached hydrogen (secondary N) is 1. The Morgan fingerprint density at radius 2 is 1.80 bits per heavy atom. The van der Waals surface area contributed by atoms with Gasteiger partial charge in [0.15, 0.2) is 0 Å². The topological polar surface area (TPSA) is 55.2 Å². The van der Waals surface area contributed by atoms with Crippen LogP contribution in [0.5, 0.6) is 0 Å². The summed E-state index contributed by atoms with van der Waals surface area (Å²) >= 11 is 0. The van der Waals surface area contributed by atoms with Crippen LogP contribution in [-0.2, 0) is 0 Å². The van der Waals surface area contributed by atoms with Crippen LogP contribution in [-0.4, -0.2) is 11.5 Å². The molecule has 1 atom stereocenters.